The molecule has 3 aromatic rings. The van der Waals surface area contributed by atoms with Gasteiger partial charge in [0, 0.05) is 41.4 Å². The summed E-state index contributed by atoms with van der Waals surface area (Å²) in [4.78, 5) is 20.5. The number of aromatic nitrogens is 3. The van der Waals surface area contributed by atoms with Crippen LogP contribution < -0.4 is 0 Å². The number of rotatable bonds is 4. The molecule has 0 spiro atoms. The molecule has 3 aromatic heterocycles. The fraction of sp³-hybridized carbons (Fsp3) is 0.389. The second kappa shape index (κ2) is 6.73. The van der Waals surface area contributed by atoms with E-state index < -0.39 is 0 Å². The zero-order valence-electron chi connectivity index (χ0n) is 13.4. The quantitative estimate of drug-likeness (QED) is 0.792. The number of likely N-dealkylation sites (tertiary alicyclic amines) is 1. The van der Waals surface area contributed by atoms with Crippen LogP contribution in [0.4, 0.5) is 0 Å². The molecule has 1 N–H and O–H groups in total. The zero-order valence-corrected chi connectivity index (χ0v) is 14.3. The number of piperidine rings is 1. The number of hydrogen-bond donors (Lipinski definition) is 1. The summed E-state index contributed by atoms with van der Waals surface area (Å²) < 4.78 is 0. The first-order valence-electron chi connectivity index (χ1n) is 8.40. The monoisotopic (exact) mass is 340 g/mol. The van der Waals surface area contributed by atoms with E-state index in [9.17, 15) is 4.79 Å². The first-order valence-corrected chi connectivity index (χ1v) is 9.28. The Labute approximate surface area is 144 Å². The molecule has 0 aliphatic carbocycles. The van der Waals surface area contributed by atoms with E-state index in [-0.39, 0.29) is 5.91 Å². The van der Waals surface area contributed by atoms with Crippen LogP contribution in [0.25, 0.3) is 11.0 Å². The van der Waals surface area contributed by atoms with Crippen molar-refractivity contribution >= 4 is 28.3 Å². The standard InChI is InChI=1S/C18H20N4OS/c23-17(8-6-15-4-2-10-24-15)22-9-1-3-14(12-22)16-7-5-13-11-19-21-18(13)20-16/h2,4-5,7,10-11,14H,1,3,6,8-9,12H2,(H,19,20,21). The van der Waals surface area contributed by atoms with Gasteiger partial charge >= 0.3 is 0 Å². The van der Waals surface area contributed by atoms with Crippen molar-refractivity contribution in [2.24, 2.45) is 0 Å². The van der Waals surface area contributed by atoms with E-state index in [4.69, 9.17) is 0 Å². The predicted octanol–water partition coefficient (Wildman–Crippen LogP) is 3.36. The van der Waals surface area contributed by atoms with Crippen LogP contribution in [0.15, 0.2) is 35.8 Å². The number of carbonyl (C=O) groups excluding carboxylic acids is 1. The van der Waals surface area contributed by atoms with E-state index in [0.29, 0.717) is 12.3 Å². The summed E-state index contributed by atoms with van der Waals surface area (Å²) in [5.74, 6) is 0.577. The molecule has 6 heteroatoms. The van der Waals surface area contributed by atoms with Crippen molar-refractivity contribution in [1.82, 2.24) is 20.1 Å². The summed E-state index contributed by atoms with van der Waals surface area (Å²) >= 11 is 1.72. The molecule has 4 rings (SSSR count). The number of H-pyrrole nitrogens is 1. The van der Waals surface area contributed by atoms with E-state index >= 15 is 0 Å². The van der Waals surface area contributed by atoms with Gasteiger partial charge in [0.2, 0.25) is 5.91 Å². The lowest BCUT2D eigenvalue weighted by atomic mass is 9.94. The summed E-state index contributed by atoms with van der Waals surface area (Å²) in [6.07, 6.45) is 5.35. The fourth-order valence-electron chi connectivity index (χ4n) is 3.36. The van der Waals surface area contributed by atoms with Crippen molar-refractivity contribution in [3.05, 3.63) is 46.4 Å². The van der Waals surface area contributed by atoms with Crippen LogP contribution in [0, 0.1) is 0 Å². The normalized spacial score (nSPS) is 18.2. The van der Waals surface area contributed by atoms with Crippen LogP contribution in [0.1, 0.15) is 35.8 Å². The van der Waals surface area contributed by atoms with Crippen molar-refractivity contribution in [3.8, 4) is 0 Å². The van der Waals surface area contributed by atoms with E-state index in [1.165, 1.54) is 4.88 Å². The Bertz CT molecular complexity index is 827. The molecule has 0 radical (unpaired) electrons. The molecule has 0 saturated carbocycles. The zero-order chi connectivity index (χ0) is 16.4. The van der Waals surface area contributed by atoms with E-state index in [1.54, 1.807) is 17.5 Å². The van der Waals surface area contributed by atoms with Crippen LogP contribution in [-0.2, 0) is 11.2 Å². The maximum Gasteiger partial charge on any atom is 0.222 e. The highest BCUT2D eigenvalue weighted by atomic mass is 32.1. The minimum atomic E-state index is 0.260. The lowest BCUT2D eigenvalue weighted by Crippen LogP contribution is -2.39. The maximum atomic E-state index is 12.5. The van der Waals surface area contributed by atoms with Gasteiger partial charge in [0.25, 0.3) is 0 Å². The smallest absolute Gasteiger partial charge is 0.222 e. The van der Waals surface area contributed by atoms with Crippen LogP contribution >= 0.6 is 11.3 Å². The van der Waals surface area contributed by atoms with Crippen LogP contribution in [0.2, 0.25) is 0 Å². The van der Waals surface area contributed by atoms with Gasteiger partial charge < -0.3 is 4.90 Å². The number of thiophene rings is 1. The highest BCUT2D eigenvalue weighted by Gasteiger charge is 2.25. The summed E-state index contributed by atoms with van der Waals surface area (Å²) in [5, 5.41) is 10.0. The molecular formula is C18H20N4OS. The first kappa shape index (κ1) is 15.3. The minimum Gasteiger partial charge on any atom is -0.342 e. The van der Waals surface area contributed by atoms with Gasteiger partial charge in [-0.25, -0.2) is 4.98 Å². The van der Waals surface area contributed by atoms with Crippen LogP contribution in [-0.4, -0.2) is 39.1 Å². The van der Waals surface area contributed by atoms with Crippen LogP contribution in [0.3, 0.4) is 0 Å². The van der Waals surface area contributed by atoms with Gasteiger partial charge in [-0.15, -0.1) is 11.3 Å². The van der Waals surface area contributed by atoms with E-state index in [0.717, 1.165) is 49.1 Å². The molecule has 1 saturated heterocycles. The molecule has 5 nitrogen and oxygen atoms in total. The highest BCUT2D eigenvalue weighted by molar-refractivity contribution is 7.09. The largest absolute Gasteiger partial charge is 0.342 e. The van der Waals surface area contributed by atoms with E-state index in [1.807, 2.05) is 11.0 Å². The maximum absolute atomic E-state index is 12.5. The Balaban J connectivity index is 1.41. The van der Waals surface area contributed by atoms with Gasteiger partial charge in [-0.05, 0) is 42.8 Å². The second-order valence-corrected chi connectivity index (χ2v) is 7.33. The predicted molar refractivity (Wildman–Crippen MR) is 95.1 cm³/mol. The number of hydrogen-bond acceptors (Lipinski definition) is 4. The molecule has 24 heavy (non-hydrogen) atoms. The number of aryl methyl sites for hydroxylation is 1. The Morgan fingerprint density at radius 2 is 2.33 bits per heavy atom. The summed E-state index contributed by atoms with van der Waals surface area (Å²) in [5.41, 5.74) is 1.89. The van der Waals surface area contributed by atoms with Gasteiger partial charge in [0.1, 0.15) is 0 Å². The fourth-order valence-corrected chi connectivity index (χ4v) is 4.07. The summed E-state index contributed by atoms with van der Waals surface area (Å²) in [6.45, 7) is 1.64. The number of fused-ring (bicyclic) bond motifs is 1. The van der Waals surface area contributed by atoms with Crippen molar-refractivity contribution in [2.45, 2.75) is 31.6 Å². The Morgan fingerprint density at radius 1 is 1.38 bits per heavy atom. The third-order valence-electron chi connectivity index (χ3n) is 4.68. The lowest BCUT2D eigenvalue weighted by molar-refractivity contribution is -0.132. The molecule has 1 amide bonds. The minimum absolute atomic E-state index is 0.260. The highest BCUT2D eigenvalue weighted by Crippen LogP contribution is 2.27. The van der Waals surface area contributed by atoms with Gasteiger partial charge in [-0.2, -0.15) is 5.10 Å². The summed E-state index contributed by atoms with van der Waals surface area (Å²) in [7, 11) is 0. The van der Waals surface area contributed by atoms with E-state index in [2.05, 4.69) is 38.8 Å². The van der Waals surface area contributed by atoms with Crippen molar-refractivity contribution in [1.29, 1.82) is 0 Å². The van der Waals surface area contributed by atoms with Crippen molar-refractivity contribution in [3.63, 3.8) is 0 Å². The Kier molecular flexibility index (Phi) is 4.30. The third-order valence-corrected chi connectivity index (χ3v) is 5.62. The molecule has 1 fully saturated rings. The average molecular weight is 340 g/mol. The van der Waals surface area contributed by atoms with Crippen molar-refractivity contribution < 1.29 is 4.79 Å². The number of nitrogens with one attached hydrogen (secondary N) is 1. The molecule has 0 aromatic carbocycles. The van der Waals surface area contributed by atoms with Crippen LogP contribution in [0.5, 0.6) is 0 Å². The molecule has 4 heterocycles. The molecule has 1 aliphatic heterocycles. The van der Waals surface area contributed by atoms with Gasteiger partial charge in [0.05, 0.1) is 6.20 Å². The lowest BCUT2D eigenvalue weighted by Gasteiger charge is -2.32. The molecule has 1 atom stereocenters. The van der Waals surface area contributed by atoms with Crippen molar-refractivity contribution in [2.75, 3.05) is 13.1 Å². The SMILES string of the molecule is O=C(CCc1cccs1)N1CCCC(c2ccc3cn[nH]c3n2)C1. The molecule has 1 unspecified atom stereocenters. The molecule has 0 bridgehead atoms. The van der Waals surface area contributed by atoms with Gasteiger partial charge in [-0.1, -0.05) is 6.07 Å². The topological polar surface area (TPSA) is 61.9 Å². The average Bonchev–Trinajstić information content (AvgIpc) is 3.30. The Hall–Kier alpha value is -2.21. The van der Waals surface area contributed by atoms with Gasteiger partial charge in [0.15, 0.2) is 5.65 Å². The number of nitrogens with zero attached hydrogens (tertiary/aromatic N) is 3. The number of amides is 1. The molecular weight excluding hydrogens is 320 g/mol. The summed E-state index contributed by atoms with van der Waals surface area (Å²) in [6, 6.07) is 8.26. The second-order valence-electron chi connectivity index (χ2n) is 6.30. The number of carbonyl (C=O) groups is 1. The first-order chi connectivity index (χ1) is 11.8. The number of pyridine rings is 1. The Morgan fingerprint density at radius 3 is 3.21 bits per heavy atom. The third kappa shape index (κ3) is 3.19. The number of aromatic amines is 1. The molecule has 124 valence electrons. The van der Waals surface area contributed by atoms with Gasteiger partial charge in [-0.3, -0.25) is 9.89 Å². The molecule has 1 aliphatic rings.